The van der Waals surface area contributed by atoms with E-state index in [9.17, 15) is 29.1 Å². The number of hydrogen-bond acceptors (Lipinski definition) is 6. The van der Waals surface area contributed by atoms with Crippen LogP contribution in [0, 0.1) is 5.41 Å². The Morgan fingerprint density at radius 2 is 1.16 bits per heavy atom. The maximum Gasteiger partial charge on any atom is 0.350 e. The summed E-state index contributed by atoms with van der Waals surface area (Å²) in [6.45, 7) is 3.72. The van der Waals surface area contributed by atoms with Gasteiger partial charge in [0.1, 0.15) is 0 Å². The van der Waals surface area contributed by atoms with Gasteiger partial charge in [0.15, 0.2) is 5.41 Å². The highest BCUT2D eigenvalue weighted by Crippen LogP contribution is 2.35. The Hall–Kier alpha value is -2.71. The van der Waals surface area contributed by atoms with Crippen molar-refractivity contribution < 1.29 is 39.0 Å². The molecule has 0 bridgehead atoms. The molecule has 0 aromatic heterocycles. The molecule has 0 unspecified atom stereocenters. The highest BCUT2D eigenvalue weighted by atomic mass is 16.7. The SMILES string of the molecule is C=CCCCCCCCCC[C@@](CCCCCCCCCCC(=O)O)(C(=O)O)C(=O)ON1C(=O)CCC1=O. The molecule has 1 heterocycles. The number of nitrogens with zero attached hydrogens (tertiary/aromatic N) is 1. The monoisotopic (exact) mass is 537 g/mol. The van der Waals surface area contributed by atoms with Crippen LogP contribution in [0.3, 0.4) is 0 Å². The number of carboxylic acids is 2. The number of carboxylic acid groups (broad SMARTS) is 2. The van der Waals surface area contributed by atoms with Crippen LogP contribution >= 0.6 is 0 Å². The smallest absolute Gasteiger partial charge is 0.350 e. The fourth-order valence-corrected chi connectivity index (χ4v) is 4.82. The second-order valence-corrected chi connectivity index (χ2v) is 10.4. The lowest BCUT2D eigenvalue weighted by atomic mass is 9.77. The van der Waals surface area contributed by atoms with E-state index in [-0.39, 0.29) is 32.1 Å². The fourth-order valence-electron chi connectivity index (χ4n) is 4.82. The number of allylic oxidation sites excluding steroid dienone is 1. The maximum absolute atomic E-state index is 13.1. The zero-order valence-corrected chi connectivity index (χ0v) is 22.9. The summed E-state index contributed by atoms with van der Waals surface area (Å²) in [6.07, 6.45) is 16.6. The van der Waals surface area contributed by atoms with E-state index < -0.39 is 35.1 Å². The number of imide groups is 1. The topological polar surface area (TPSA) is 138 Å². The van der Waals surface area contributed by atoms with Gasteiger partial charge >= 0.3 is 17.9 Å². The van der Waals surface area contributed by atoms with Crippen LogP contribution in [0.4, 0.5) is 0 Å². The Morgan fingerprint density at radius 1 is 0.737 bits per heavy atom. The third-order valence-electron chi connectivity index (χ3n) is 7.24. The van der Waals surface area contributed by atoms with Crippen molar-refractivity contribution in [3.05, 3.63) is 12.7 Å². The first-order chi connectivity index (χ1) is 18.2. The highest BCUT2D eigenvalue weighted by Gasteiger charge is 2.49. The van der Waals surface area contributed by atoms with E-state index in [4.69, 9.17) is 9.94 Å². The summed E-state index contributed by atoms with van der Waals surface area (Å²) in [7, 11) is 0. The minimum atomic E-state index is -1.79. The zero-order chi connectivity index (χ0) is 28.2. The molecule has 2 amide bonds. The number of hydroxylamine groups is 2. The molecule has 1 aliphatic heterocycles. The van der Waals surface area contributed by atoms with Crippen molar-refractivity contribution in [2.24, 2.45) is 5.41 Å². The molecule has 1 saturated heterocycles. The largest absolute Gasteiger partial charge is 0.481 e. The molecule has 0 saturated carbocycles. The zero-order valence-electron chi connectivity index (χ0n) is 22.9. The summed E-state index contributed by atoms with van der Waals surface area (Å²) in [5.41, 5.74) is -1.79. The predicted octanol–water partition coefficient (Wildman–Crippen LogP) is 6.35. The van der Waals surface area contributed by atoms with Crippen LogP contribution in [0.15, 0.2) is 12.7 Å². The first-order valence-corrected chi connectivity index (χ1v) is 14.4. The molecule has 0 radical (unpaired) electrons. The van der Waals surface area contributed by atoms with Gasteiger partial charge in [0.05, 0.1) is 0 Å². The number of amides is 2. The Bertz CT molecular complexity index is 765. The maximum atomic E-state index is 13.1. The van der Waals surface area contributed by atoms with Gasteiger partial charge in [0.25, 0.3) is 11.8 Å². The second-order valence-electron chi connectivity index (χ2n) is 10.4. The summed E-state index contributed by atoms with van der Waals surface area (Å²) >= 11 is 0. The van der Waals surface area contributed by atoms with Crippen LogP contribution in [0.1, 0.15) is 135 Å². The third-order valence-corrected chi connectivity index (χ3v) is 7.24. The van der Waals surface area contributed by atoms with Crippen molar-refractivity contribution in [1.82, 2.24) is 5.06 Å². The second kappa shape index (κ2) is 19.4. The fraction of sp³-hybridized carbons (Fsp3) is 0.759. The van der Waals surface area contributed by atoms with Gasteiger partial charge in [-0.15, -0.1) is 11.6 Å². The van der Waals surface area contributed by atoms with Gasteiger partial charge in [0.2, 0.25) is 0 Å². The molecule has 216 valence electrons. The summed E-state index contributed by atoms with van der Waals surface area (Å²) in [5, 5.41) is 19.3. The van der Waals surface area contributed by atoms with E-state index in [0.717, 1.165) is 83.5 Å². The molecule has 38 heavy (non-hydrogen) atoms. The normalized spacial score (nSPS) is 14.9. The van der Waals surface area contributed by atoms with Gasteiger partial charge in [-0.1, -0.05) is 89.5 Å². The average molecular weight is 538 g/mol. The van der Waals surface area contributed by atoms with E-state index in [2.05, 4.69) is 6.58 Å². The van der Waals surface area contributed by atoms with E-state index in [1.165, 1.54) is 0 Å². The molecule has 9 heteroatoms. The number of unbranched alkanes of at least 4 members (excludes halogenated alkanes) is 14. The molecule has 1 aliphatic rings. The van der Waals surface area contributed by atoms with Crippen molar-refractivity contribution in [3.8, 4) is 0 Å². The van der Waals surface area contributed by atoms with Crippen molar-refractivity contribution >= 4 is 29.7 Å². The van der Waals surface area contributed by atoms with Crippen molar-refractivity contribution in [2.45, 2.75) is 135 Å². The van der Waals surface area contributed by atoms with Gasteiger partial charge in [-0.3, -0.25) is 19.2 Å². The Morgan fingerprint density at radius 3 is 1.58 bits per heavy atom. The Balaban J connectivity index is 2.58. The summed E-state index contributed by atoms with van der Waals surface area (Å²) in [4.78, 5) is 65.1. The highest BCUT2D eigenvalue weighted by molar-refractivity contribution is 6.04. The third kappa shape index (κ3) is 12.7. The summed E-state index contributed by atoms with van der Waals surface area (Å²) in [6, 6.07) is 0. The van der Waals surface area contributed by atoms with Gasteiger partial charge in [0, 0.05) is 19.3 Å². The molecule has 1 atom stereocenters. The summed E-state index contributed by atoms with van der Waals surface area (Å²) in [5.74, 6) is -4.33. The van der Waals surface area contributed by atoms with E-state index in [0.29, 0.717) is 24.3 Å². The van der Waals surface area contributed by atoms with Crippen molar-refractivity contribution in [1.29, 1.82) is 0 Å². The minimum absolute atomic E-state index is 0.0463. The Kier molecular flexibility index (Phi) is 17.0. The standard InChI is InChI=1S/C29H47NO8/c1-2-3-4-5-6-8-11-14-17-22-29(27(35)36,28(37)38-30-24(31)20-21-25(30)32)23-18-15-12-9-7-10-13-16-19-26(33)34/h2H,1,3-23H2,(H,33,34)(H,35,36)/t29-/m1/s1. The molecular formula is C29H47NO8. The molecule has 9 nitrogen and oxygen atoms in total. The van der Waals surface area contributed by atoms with E-state index in [1.807, 2.05) is 6.08 Å². The van der Waals surface area contributed by atoms with Crippen molar-refractivity contribution in [2.75, 3.05) is 0 Å². The molecule has 1 fully saturated rings. The van der Waals surface area contributed by atoms with Gasteiger partial charge in [-0.2, -0.15) is 0 Å². The lowest BCUT2D eigenvalue weighted by Gasteiger charge is -2.28. The van der Waals surface area contributed by atoms with Crippen LogP contribution in [0.2, 0.25) is 0 Å². The van der Waals surface area contributed by atoms with Crippen molar-refractivity contribution in [3.63, 3.8) is 0 Å². The number of rotatable bonds is 24. The number of hydrogen-bond donors (Lipinski definition) is 2. The first kappa shape index (κ1) is 33.3. The number of carbonyl (C=O) groups excluding carboxylic acids is 3. The number of carbonyl (C=O) groups is 5. The molecular weight excluding hydrogens is 490 g/mol. The van der Waals surface area contributed by atoms with E-state index in [1.54, 1.807) is 0 Å². The van der Waals surface area contributed by atoms with Gasteiger partial charge in [-0.25, -0.2) is 4.79 Å². The molecule has 0 aliphatic carbocycles. The Labute approximate surface area is 226 Å². The lowest BCUT2D eigenvalue weighted by Crippen LogP contribution is -2.45. The van der Waals surface area contributed by atoms with Gasteiger partial charge < -0.3 is 15.1 Å². The molecule has 2 N–H and O–H groups in total. The molecule has 0 spiro atoms. The number of aliphatic carboxylic acids is 2. The van der Waals surface area contributed by atoms with Gasteiger partial charge in [-0.05, 0) is 32.1 Å². The minimum Gasteiger partial charge on any atom is -0.481 e. The van der Waals surface area contributed by atoms with Crippen LogP contribution in [0.5, 0.6) is 0 Å². The molecule has 0 aromatic carbocycles. The summed E-state index contributed by atoms with van der Waals surface area (Å²) < 4.78 is 0. The van der Waals surface area contributed by atoms with Crippen LogP contribution in [-0.4, -0.2) is 45.0 Å². The van der Waals surface area contributed by atoms with Crippen LogP contribution in [0.25, 0.3) is 0 Å². The molecule has 1 rings (SSSR count). The lowest BCUT2D eigenvalue weighted by molar-refractivity contribution is -0.208. The first-order valence-electron chi connectivity index (χ1n) is 14.4. The van der Waals surface area contributed by atoms with E-state index >= 15 is 0 Å². The van der Waals surface area contributed by atoms with Crippen LogP contribution < -0.4 is 0 Å². The average Bonchev–Trinajstić information content (AvgIpc) is 3.19. The van der Waals surface area contributed by atoms with Crippen LogP contribution in [-0.2, 0) is 28.8 Å². The molecule has 0 aromatic rings. The predicted molar refractivity (Wildman–Crippen MR) is 143 cm³/mol. The quantitative estimate of drug-likeness (QED) is 0.0629.